The molecule has 0 spiro atoms. The van der Waals surface area contributed by atoms with Gasteiger partial charge in [0.05, 0.1) is 53.8 Å². The topological polar surface area (TPSA) is 128 Å². The van der Waals surface area contributed by atoms with Gasteiger partial charge in [-0.15, -0.1) is 0 Å². The number of hydrogen-bond donors (Lipinski definition) is 2. The molecular weight excluding hydrogens is 452 g/mol. The van der Waals surface area contributed by atoms with E-state index >= 15 is 0 Å². The fourth-order valence-corrected chi connectivity index (χ4v) is 4.48. The van der Waals surface area contributed by atoms with Crippen molar-refractivity contribution in [1.82, 2.24) is 24.5 Å². The first-order valence-corrected chi connectivity index (χ1v) is 11.4. The van der Waals surface area contributed by atoms with Gasteiger partial charge in [-0.3, -0.25) is 14.2 Å². The molecule has 1 aliphatic carbocycles. The van der Waals surface area contributed by atoms with Crippen LogP contribution in [-0.2, 0) is 6.54 Å². The van der Waals surface area contributed by atoms with Crippen LogP contribution < -0.4 is 10.9 Å². The Labute approximate surface area is 200 Å². The highest BCUT2D eigenvalue weighted by molar-refractivity contribution is 6.33. The van der Waals surface area contributed by atoms with Crippen LogP contribution in [0, 0.1) is 28.6 Å². The molecule has 0 amide bonds. The Morgan fingerprint density at radius 1 is 1.21 bits per heavy atom. The fourth-order valence-electron chi connectivity index (χ4n) is 4.20. The normalized spacial score (nSPS) is 14.0. The van der Waals surface area contributed by atoms with Crippen molar-refractivity contribution in [3.8, 4) is 23.4 Å². The van der Waals surface area contributed by atoms with Gasteiger partial charge in [0.15, 0.2) is 5.82 Å². The van der Waals surface area contributed by atoms with Gasteiger partial charge in [0.25, 0.3) is 5.56 Å². The predicted molar refractivity (Wildman–Crippen MR) is 129 cm³/mol. The average Bonchev–Trinajstić information content (AvgIpc) is 3.45. The van der Waals surface area contributed by atoms with E-state index in [2.05, 4.69) is 27.5 Å². The molecule has 0 bridgehead atoms. The maximum absolute atomic E-state index is 12.7. The summed E-state index contributed by atoms with van der Waals surface area (Å²) in [4.78, 5) is 15.4. The summed E-state index contributed by atoms with van der Waals surface area (Å²) < 4.78 is 3.53. The standard InChI is InChI=1S/C24H21ClN8O/c25-18-14-16(4-5-17(18)19-8-13-32(30-19)12-1-9-26)29-23-22-21(7-11-28-24(22)34)33(31-23)20(6-10-27)15-2-3-15/h4-5,7-8,11,13-15,20H,1-3,6,12H2,(H,28,34)(H,29,31). The molecule has 1 fully saturated rings. The van der Waals surface area contributed by atoms with Gasteiger partial charge < -0.3 is 10.3 Å². The Hall–Kier alpha value is -4.08. The van der Waals surface area contributed by atoms with Gasteiger partial charge in [-0.2, -0.15) is 20.7 Å². The Morgan fingerprint density at radius 3 is 2.79 bits per heavy atom. The van der Waals surface area contributed by atoms with E-state index in [1.165, 1.54) is 0 Å². The lowest BCUT2D eigenvalue weighted by Crippen LogP contribution is -2.13. The highest BCUT2D eigenvalue weighted by atomic mass is 35.5. The summed E-state index contributed by atoms with van der Waals surface area (Å²) in [7, 11) is 0. The number of hydrogen-bond acceptors (Lipinski definition) is 6. The molecule has 2 N–H and O–H groups in total. The first-order valence-electron chi connectivity index (χ1n) is 11.0. The maximum atomic E-state index is 12.7. The van der Waals surface area contributed by atoms with Gasteiger partial charge in [0.1, 0.15) is 5.39 Å². The molecule has 1 saturated carbocycles. The van der Waals surface area contributed by atoms with Crippen molar-refractivity contribution in [3.05, 3.63) is 58.1 Å². The highest BCUT2D eigenvalue weighted by Gasteiger charge is 2.34. The minimum atomic E-state index is -0.247. The number of H-pyrrole nitrogens is 1. The number of pyridine rings is 1. The highest BCUT2D eigenvalue weighted by Crippen LogP contribution is 2.43. The predicted octanol–water partition coefficient (Wildman–Crippen LogP) is 4.76. The Balaban J connectivity index is 1.47. The number of halogens is 1. The average molecular weight is 473 g/mol. The van der Waals surface area contributed by atoms with E-state index in [9.17, 15) is 10.1 Å². The summed E-state index contributed by atoms with van der Waals surface area (Å²) in [6.07, 6.45) is 6.26. The first kappa shape index (κ1) is 21.7. The SMILES string of the molecule is N#CCCn1ccc(-c2ccc(Nc3nn(C(CC#N)C4CC4)c4cc[nH]c(=O)c34)cc2Cl)n1. The van der Waals surface area contributed by atoms with Gasteiger partial charge in [-0.25, -0.2) is 0 Å². The Kier molecular flexibility index (Phi) is 5.79. The van der Waals surface area contributed by atoms with Crippen molar-refractivity contribution in [3.63, 3.8) is 0 Å². The second-order valence-electron chi connectivity index (χ2n) is 8.32. The van der Waals surface area contributed by atoms with E-state index in [1.54, 1.807) is 16.9 Å². The molecule has 9 nitrogen and oxygen atoms in total. The fraction of sp³-hybridized carbons (Fsp3) is 0.292. The van der Waals surface area contributed by atoms with E-state index in [1.807, 2.05) is 35.1 Å². The van der Waals surface area contributed by atoms with Gasteiger partial charge in [0.2, 0.25) is 0 Å². The van der Waals surface area contributed by atoms with Gasteiger partial charge in [-0.05, 0) is 49.1 Å². The number of nitrogens with one attached hydrogen (secondary N) is 2. The second kappa shape index (κ2) is 9.05. The summed E-state index contributed by atoms with van der Waals surface area (Å²) in [5.41, 5.74) is 2.60. The van der Waals surface area contributed by atoms with E-state index in [0.717, 1.165) is 18.4 Å². The molecular formula is C24H21ClN8O. The zero-order chi connectivity index (χ0) is 23.7. The number of rotatable bonds is 8. The summed E-state index contributed by atoms with van der Waals surface area (Å²) in [6.45, 7) is 0.520. The minimum absolute atomic E-state index is 0.0630. The lowest BCUT2D eigenvalue weighted by Gasteiger charge is -2.14. The summed E-state index contributed by atoms with van der Waals surface area (Å²) in [5, 5.41) is 31.5. The smallest absolute Gasteiger partial charge is 0.261 e. The monoisotopic (exact) mass is 472 g/mol. The molecule has 0 saturated heterocycles. The second-order valence-corrected chi connectivity index (χ2v) is 8.73. The molecule has 0 radical (unpaired) electrons. The molecule has 5 rings (SSSR count). The summed E-state index contributed by atoms with van der Waals surface area (Å²) in [5.74, 6) is 0.821. The van der Waals surface area contributed by atoms with Crippen molar-refractivity contribution in [2.24, 2.45) is 5.92 Å². The molecule has 3 heterocycles. The minimum Gasteiger partial charge on any atom is -0.338 e. The molecule has 1 aromatic carbocycles. The third-order valence-corrected chi connectivity index (χ3v) is 6.32. The maximum Gasteiger partial charge on any atom is 0.261 e. The molecule has 3 aromatic heterocycles. The number of nitriles is 2. The van der Waals surface area contributed by atoms with E-state index in [0.29, 0.717) is 58.4 Å². The molecule has 170 valence electrons. The van der Waals surface area contributed by atoms with Crippen LogP contribution in [0.3, 0.4) is 0 Å². The van der Waals surface area contributed by atoms with Crippen molar-refractivity contribution >= 4 is 34.0 Å². The molecule has 1 atom stereocenters. The van der Waals surface area contributed by atoms with Crippen LogP contribution in [-0.4, -0.2) is 24.5 Å². The zero-order valence-corrected chi connectivity index (χ0v) is 19.0. The van der Waals surface area contributed by atoms with E-state index < -0.39 is 0 Å². The van der Waals surface area contributed by atoms with Crippen LogP contribution in [0.1, 0.15) is 31.7 Å². The van der Waals surface area contributed by atoms with Crippen LogP contribution in [0.5, 0.6) is 0 Å². The Morgan fingerprint density at radius 2 is 2.06 bits per heavy atom. The zero-order valence-electron chi connectivity index (χ0n) is 18.2. The van der Waals surface area contributed by atoms with Crippen LogP contribution in [0.4, 0.5) is 11.5 Å². The quantitative estimate of drug-likeness (QED) is 0.380. The Bertz CT molecular complexity index is 1500. The summed E-state index contributed by atoms with van der Waals surface area (Å²) in [6, 6.07) is 13.4. The van der Waals surface area contributed by atoms with Crippen molar-refractivity contribution < 1.29 is 0 Å². The van der Waals surface area contributed by atoms with Crippen LogP contribution in [0.15, 0.2) is 47.5 Å². The molecule has 1 aliphatic rings. The molecule has 0 aliphatic heterocycles. The van der Waals surface area contributed by atoms with Crippen LogP contribution in [0.25, 0.3) is 22.2 Å². The van der Waals surface area contributed by atoms with Crippen LogP contribution in [0.2, 0.25) is 5.02 Å². The van der Waals surface area contributed by atoms with Crippen molar-refractivity contribution in [1.29, 1.82) is 10.5 Å². The number of aromatic nitrogens is 5. The van der Waals surface area contributed by atoms with Gasteiger partial charge in [0, 0.05) is 23.6 Å². The molecule has 34 heavy (non-hydrogen) atoms. The lowest BCUT2D eigenvalue weighted by molar-refractivity contribution is 0.426. The molecule has 10 heteroatoms. The third kappa shape index (κ3) is 4.14. The molecule has 1 unspecified atom stereocenters. The number of anilines is 2. The van der Waals surface area contributed by atoms with Crippen molar-refractivity contribution in [2.75, 3.05) is 5.32 Å². The summed E-state index contributed by atoms with van der Waals surface area (Å²) >= 11 is 6.57. The lowest BCUT2D eigenvalue weighted by atomic mass is 10.1. The molecule has 4 aromatic rings. The number of aromatic amines is 1. The number of fused-ring (bicyclic) bond motifs is 1. The first-order chi connectivity index (χ1) is 16.6. The van der Waals surface area contributed by atoms with Crippen molar-refractivity contribution in [2.45, 2.75) is 38.3 Å². The van der Waals surface area contributed by atoms with E-state index in [-0.39, 0.29) is 11.6 Å². The number of benzene rings is 1. The number of nitrogens with zero attached hydrogens (tertiary/aromatic N) is 6. The van der Waals surface area contributed by atoms with Gasteiger partial charge in [-0.1, -0.05) is 11.6 Å². The van der Waals surface area contributed by atoms with Crippen LogP contribution >= 0.6 is 11.6 Å². The third-order valence-electron chi connectivity index (χ3n) is 6.01. The van der Waals surface area contributed by atoms with Gasteiger partial charge >= 0.3 is 0 Å². The van der Waals surface area contributed by atoms with E-state index in [4.69, 9.17) is 22.0 Å². The number of aryl methyl sites for hydroxylation is 1. The largest absolute Gasteiger partial charge is 0.338 e.